The molecule has 1 aromatic carbocycles. The molecule has 1 aromatic heterocycles. The molecule has 0 spiro atoms. The Morgan fingerprint density at radius 1 is 1.16 bits per heavy atom. The number of aromatic nitrogens is 2. The number of hydrogen-bond donors (Lipinski definition) is 0. The molecule has 0 fully saturated rings. The molecule has 2 nitrogen and oxygen atoms in total. The van der Waals surface area contributed by atoms with Crippen LogP contribution in [-0.2, 0) is 6.18 Å². The average Bonchev–Trinajstić information content (AvgIpc) is 2.56. The van der Waals surface area contributed by atoms with Gasteiger partial charge in [0.15, 0.2) is 5.69 Å². The molecule has 0 saturated heterocycles. The van der Waals surface area contributed by atoms with E-state index < -0.39 is 11.9 Å². The van der Waals surface area contributed by atoms with Crippen molar-refractivity contribution in [2.45, 2.75) is 26.9 Å². The molecule has 0 amide bonds. The third-order valence-corrected chi connectivity index (χ3v) is 3.34. The monoisotopic (exact) mass is 288 g/mol. The van der Waals surface area contributed by atoms with Gasteiger partial charge in [-0.2, -0.15) is 18.3 Å². The fraction of sp³-hybridized carbons (Fsp3) is 0.308. The summed E-state index contributed by atoms with van der Waals surface area (Å²) in [5.74, 6) is 0. The van der Waals surface area contributed by atoms with Gasteiger partial charge in [0.25, 0.3) is 0 Å². The van der Waals surface area contributed by atoms with Gasteiger partial charge in [0.05, 0.1) is 5.69 Å². The lowest BCUT2D eigenvalue weighted by molar-refractivity contribution is -0.141. The van der Waals surface area contributed by atoms with Gasteiger partial charge in [0.2, 0.25) is 0 Å². The number of alkyl halides is 3. The zero-order valence-electron chi connectivity index (χ0n) is 10.6. The third-order valence-electron chi connectivity index (χ3n) is 2.90. The smallest absolute Gasteiger partial charge is 0.221 e. The molecule has 102 valence electrons. The third kappa shape index (κ3) is 2.47. The first-order valence-electron chi connectivity index (χ1n) is 5.61. The lowest BCUT2D eigenvalue weighted by Gasteiger charge is -2.08. The maximum Gasteiger partial charge on any atom is 0.435 e. The van der Waals surface area contributed by atoms with Gasteiger partial charge in [-0.1, -0.05) is 29.3 Å². The second-order valence-corrected chi connectivity index (χ2v) is 4.82. The summed E-state index contributed by atoms with van der Waals surface area (Å²) in [5, 5.41) is 3.59. The summed E-state index contributed by atoms with van der Waals surface area (Å²) in [4.78, 5) is 0. The summed E-state index contributed by atoms with van der Waals surface area (Å²) in [5.41, 5.74) is 1.39. The van der Waals surface area contributed by atoms with Crippen LogP contribution in [0, 0.1) is 20.8 Å². The van der Waals surface area contributed by atoms with Crippen molar-refractivity contribution in [1.29, 1.82) is 0 Å². The summed E-state index contributed by atoms with van der Waals surface area (Å²) in [6.45, 7) is 5.04. The fourth-order valence-corrected chi connectivity index (χ4v) is 2.17. The van der Waals surface area contributed by atoms with Gasteiger partial charge >= 0.3 is 6.18 Å². The molecule has 19 heavy (non-hydrogen) atoms. The van der Waals surface area contributed by atoms with Gasteiger partial charge in [0, 0.05) is 5.56 Å². The first kappa shape index (κ1) is 13.9. The van der Waals surface area contributed by atoms with E-state index in [0.29, 0.717) is 5.69 Å². The van der Waals surface area contributed by atoms with Crippen molar-refractivity contribution in [2.75, 3.05) is 0 Å². The van der Waals surface area contributed by atoms with Crippen LogP contribution >= 0.6 is 11.6 Å². The van der Waals surface area contributed by atoms with E-state index in [2.05, 4.69) is 5.10 Å². The molecule has 0 unspecified atom stereocenters. The van der Waals surface area contributed by atoms with Crippen LogP contribution in [0.15, 0.2) is 18.2 Å². The molecule has 6 heteroatoms. The summed E-state index contributed by atoms with van der Waals surface area (Å²) >= 11 is 5.97. The molecular formula is C13H12ClF3N2. The van der Waals surface area contributed by atoms with Crippen LogP contribution in [0.4, 0.5) is 13.2 Å². The Bertz CT molecular complexity index is 630. The van der Waals surface area contributed by atoms with E-state index in [4.69, 9.17) is 11.6 Å². The minimum Gasteiger partial charge on any atom is -0.221 e. The highest BCUT2D eigenvalue weighted by Crippen LogP contribution is 2.35. The van der Waals surface area contributed by atoms with Crippen molar-refractivity contribution in [1.82, 2.24) is 9.78 Å². The molecule has 0 atom stereocenters. The molecular weight excluding hydrogens is 277 g/mol. The molecule has 2 aromatic rings. The maximum absolute atomic E-state index is 12.8. The quantitative estimate of drug-likeness (QED) is 0.757. The lowest BCUT2D eigenvalue weighted by atomic mass is 10.1. The van der Waals surface area contributed by atoms with Crippen LogP contribution in [0.5, 0.6) is 0 Å². The molecule has 0 bridgehead atoms. The van der Waals surface area contributed by atoms with E-state index in [1.165, 1.54) is 6.92 Å². The summed E-state index contributed by atoms with van der Waals surface area (Å²) in [6.07, 6.45) is -4.50. The van der Waals surface area contributed by atoms with E-state index >= 15 is 0 Å². The maximum atomic E-state index is 12.8. The summed E-state index contributed by atoms with van der Waals surface area (Å²) in [6, 6.07) is 5.39. The van der Waals surface area contributed by atoms with E-state index in [-0.39, 0.29) is 10.7 Å². The minimum absolute atomic E-state index is 0.0146. The van der Waals surface area contributed by atoms with Crippen molar-refractivity contribution in [3.63, 3.8) is 0 Å². The highest BCUT2D eigenvalue weighted by atomic mass is 35.5. The van der Waals surface area contributed by atoms with E-state index in [9.17, 15) is 13.2 Å². The predicted octanol–water partition coefficient (Wildman–Crippen LogP) is 4.47. The Balaban J connectivity index is 2.64. The normalized spacial score (nSPS) is 11.9. The average molecular weight is 289 g/mol. The molecule has 2 rings (SSSR count). The largest absolute Gasteiger partial charge is 0.435 e. The molecule has 0 radical (unpaired) electrons. The van der Waals surface area contributed by atoms with Gasteiger partial charge in [-0.3, -0.25) is 0 Å². The van der Waals surface area contributed by atoms with Gasteiger partial charge in [-0.05, 0) is 32.4 Å². The Hall–Kier alpha value is -1.49. The first-order chi connectivity index (χ1) is 8.71. The second kappa shape index (κ2) is 4.56. The Labute approximate surface area is 113 Å². The van der Waals surface area contributed by atoms with Crippen molar-refractivity contribution in [2.24, 2.45) is 0 Å². The van der Waals surface area contributed by atoms with Gasteiger partial charge in [0.1, 0.15) is 5.15 Å². The number of benzene rings is 1. The summed E-state index contributed by atoms with van der Waals surface area (Å²) < 4.78 is 39.5. The van der Waals surface area contributed by atoms with Gasteiger partial charge < -0.3 is 0 Å². The number of halogens is 4. The van der Waals surface area contributed by atoms with Crippen LogP contribution in [0.2, 0.25) is 5.15 Å². The van der Waals surface area contributed by atoms with Crippen molar-refractivity contribution < 1.29 is 13.2 Å². The van der Waals surface area contributed by atoms with Crippen LogP contribution in [0.3, 0.4) is 0 Å². The molecule has 1 heterocycles. The minimum atomic E-state index is -4.50. The van der Waals surface area contributed by atoms with Crippen LogP contribution in [-0.4, -0.2) is 9.78 Å². The molecule has 0 aliphatic rings. The SMILES string of the molecule is Cc1ccc(-n2nc(C(F)(F)F)c(C)c2Cl)c(C)c1. The molecule has 0 aliphatic heterocycles. The Morgan fingerprint density at radius 3 is 2.26 bits per heavy atom. The van der Waals surface area contributed by atoms with Gasteiger partial charge in [-0.25, -0.2) is 4.68 Å². The van der Waals surface area contributed by atoms with E-state index in [0.717, 1.165) is 15.8 Å². The zero-order chi connectivity index (χ0) is 14.4. The van der Waals surface area contributed by atoms with Crippen molar-refractivity contribution in [3.8, 4) is 5.69 Å². The predicted molar refractivity (Wildman–Crippen MR) is 67.8 cm³/mol. The summed E-state index contributed by atoms with van der Waals surface area (Å²) in [7, 11) is 0. The highest BCUT2D eigenvalue weighted by molar-refractivity contribution is 6.30. The molecule has 0 N–H and O–H groups in total. The molecule has 0 saturated carbocycles. The Kier molecular flexibility index (Phi) is 3.34. The number of hydrogen-bond acceptors (Lipinski definition) is 1. The van der Waals surface area contributed by atoms with Crippen LogP contribution in [0.1, 0.15) is 22.4 Å². The number of aryl methyl sites for hydroxylation is 2. The Morgan fingerprint density at radius 2 is 1.79 bits per heavy atom. The molecule has 0 aliphatic carbocycles. The topological polar surface area (TPSA) is 17.8 Å². The standard InChI is InChI=1S/C13H12ClF3N2/c1-7-4-5-10(8(2)6-7)19-12(14)9(3)11(18-19)13(15,16)17/h4-6H,1-3H3. The highest BCUT2D eigenvalue weighted by Gasteiger charge is 2.37. The lowest BCUT2D eigenvalue weighted by Crippen LogP contribution is -2.09. The number of nitrogens with zero attached hydrogens (tertiary/aromatic N) is 2. The van der Waals surface area contributed by atoms with Gasteiger partial charge in [-0.15, -0.1) is 0 Å². The first-order valence-corrected chi connectivity index (χ1v) is 5.99. The second-order valence-electron chi connectivity index (χ2n) is 4.46. The van der Waals surface area contributed by atoms with Crippen molar-refractivity contribution in [3.05, 3.63) is 45.7 Å². The van der Waals surface area contributed by atoms with E-state index in [1.54, 1.807) is 6.07 Å². The van der Waals surface area contributed by atoms with Crippen LogP contribution in [0.25, 0.3) is 5.69 Å². The number of rotatable bonds is 1. The van der Waals surface area contributed by atoms with Crippen LogP contribution < -0.4 is 0 Å². The van der Waals surface area contributed by atoms with Crippen molar-refractivity contribution >= 4 is 11.6 Å². The van der Waals surface area contributed by atoms with E-state index in [1.807, 2.05) is 26.0 Å². The fourth-order valence-electron chi connectivity index (χ4n) is 1.95. The zero-order valence-corrected chi connectivity index (χ0v) is 11.4.